The van der Waals surface area contributed by atoms with Crippen LogP contribution >= 0.6 is 0 Å². The first kappa shape index (κ1) is 22.1. The molecule has 1 amide bonds. The van der Waals surface area contributed by atoms with Crippen molar-refractivity contribution in [3.63, 3.8) is 0 Å². The molecule has 180 valence electrons. The van der Waals surface area contributed by atoms with Gasteiger partial charge in [-0.2, -0.15) is 0 Å². The van der Waals surface area contributed by atoms with Gasteiger partial charge in [-0.3, -0.25) is 4.79 Å². The first-order valence-electron chi connectivity index (χ1n) is 11.7. The number of halogens is 1. The first-order valence-corrected chi connectivity index (χ1v) is 11.7. The highest BCUT2D eigenvalue weighted by atomic mass is 19.1. The summed E-state index contributed by atoms with van der Waals surface area (Å²) >= 11 is 0. The Hall–Kier alpha value is -4.37. The molecule has 3 N–H and O–H groups in total. The van der Waals surface area contributed by atoms with Crippen LogP contribution in [0.25, 0.3) is 33.3 Å². The number of aromatic nitrogens is 4. The zero-order chi connectivity index (χ0) is 24.6. The van der Waals surface area contributed by atoms with Gasteiger partial charge in [-0.05, 0) is 59.7 Å². The molecule has 5 aromatic rings. The Labute approximate surface area is 206 Å². The van der Waals surface area contributed by atoms with Crippen molar-refractivity contribution in [2.24, 2.45) is 5.73 Å². The molecule has 8 nitrogen and oxygen atoms in total. The lowest BCUT2D eigenvalue weighted by Gasteiger charge is -2.29. The van der Waals surface area contributed by atoms with E-state index >= 15 is 0 Å². The Morgan fingerprint density at radius 1 is 1.03 bits per heavy atom. The number of imidazole rings is 1. The van der Waals surface area contributed by atoms with E-state index in [0.717, 1.165) is 22.2 Å². The number of morpholine rings is 1. The van der Waals surface area contributed by atoms with Crippen molar-refractivity contribution >= 4 is 33.8 Å². The molecule has 1 fully saturated rings. The molecule has 2 aromatic heterocycles. The SMILES string of the molecule is NC(=O)c1ccc2nc(N3CCOCC3)c(-c3ccc(F)cc3)nc2c1Cc1ccc2[nH]cnc2c1. The zero-order valence-corrected chi connectivity index (χ0v) is 19.4. The standard InChI is InChI=1S/C27H23FN6O2/c28-18-4-2-17(3-5-18)24-27(34-9-11-36-12-10-34)32-22-8-6-19(26(29)35)20(25(22)33-24)13-16-1-7-21-23(14-16)31-15-30-21/h1-8,14-15H,9-13H2,(H2,29,35)(H,30,31). The molecule has 1 saturated heterocycles. The van der Waals surface area contributed by atoms with Crippen LogP contribution < -0.4 is 10.6 Å². The van der Waals surface area contributed by atoms with Crippen molar-refractivity contribution in [2.75, 3.05) is 31.2 Å². The molecule has 0 unspecified atom stereocenters. The molecule has 0 bridgehead atoms. The number of H-pyrrole nitrogens is 1. The number of primary amides is 1. The molecular formula is C27H23FN6O2. The summed E-state index contributed by atoms with van der Waals surface area (Å²) in [5.41, 5.74) is 12.2. The summed E-state index contributed by atoms with van der Waals surface area (Å²) in [5, 5.41) is 0. The maximum absolute atomic E-state index is 13.7. The Balaban J connectivity index is 1.56. The number of nitrogens with zero attached hydrogens (tertiary/aromatic N) is 4. The van der Waals surface area contributed by atoms with Crippen LogP contribution in [-0.2, 0) is 11.2 Å². The van der Waals surface area contributed by atoms with Crippen LogP contribution in [0.3, 0.4) is 0 Å². The minimum absolute atomic E-state index is 0.328. The summed E-state index contributed by atoms with van der Waals surface area (Å²) < 4.78 is 19.2. The molecule has 0 spiro atoms. The highest BCUT2D eigenvalue weighted by Gasteiger charge is 2.22. The topological polar surface area (TPSA) is 110 Å². The van der Waals surface area contributed by atoms with E-state index < -0.39 is 5.91 Å². The summed E-state index contributed by atoms with van der Waals surface area (Å²) in [5.74, 6) is -0.158. The van der Waals surface area contributed by atoms with Gasteiger partial charge in [-0.15, -0.1) is 0 Å². The minimum atomic E-state index is -0.532. The second-order valence-electron chi connectivity index (χ2n) is 8.76. The molecule has 0 saturated carbocycles. The van der Waals surface area contributed by atoms with Crippen molar-refractivity contribution in [3.8, 4) is 11.3 Å². The average molecular weight is 483 g/mol. The summed E-state index contributed by atoms with van der Waals surface area (Å²) in [6.07, 6.45) is 2.07. The van der Waals surface area contributed by atoms with Crippen molar-refractivity contribution in [1.82, 2.24) is 19.9 Å². The number of amides is 1. The fourth-order valence-electron chi connectivity index (χ4n) is 4.67. The fourth-order valence-corrected chi connectivity index (χ4v) is 4.67. The number of hydrogen-bond donors (Lipinski definition) is 2. The van der Waals surface area contributed by atoms with Crippen LogP contribution in [0.1, 0.15) is 21.5 Å². The molecule has 0 aliphatic carbocycles. The van der Waals surface area contributed by atoms with E-state index in [9.17, 15) is 9.18 Å². The third kappa shape index (κ3) is 4.03. The predicted molar refractivity (Wildman–Crippen MR) is 135 cm³/mol. The van der Waals surface area contributed by atoms with Gasteiger partial charge in [0, 0.05) is 30.6 Å². The molecule has 3 heterocycles. The van der Waals surface area contributed by atoms with E-state index in [4.69, 9.17) is 20.4 Å². The average Bonchev–Trinajstić information content (AvgIpc) is 3.37. The summed E-state index contributed by atoms with van der Waals surface area (Å²) in [6.45, 7) is 2.52. The lowest BCUT2D eigenvalue weighted by molar-refractivity contribution is 0.0999. The summed E-state index contributed by atoms with van der Waals surface area (Å²) in [6, 6.07) is 15.6. The second-order valence-corrected chi connectivity index (χ2v) is 8.76. The van der Waals surface area contributed by atoms with E-state index in [1.807, 2.05) is 18.2 Å². The molecule has 36 heavy (non-hydrogen) atoms. The van der Waals surface area contributed by atoms with E-state index in [2.05, 4.69) is 14.9 Å². The van der Waals surface area contributed by atoms with Crippen LogP contribution in [0, 0.1) is 5.82 Å². The van der Waals surface area contributed by atoms with E-state index in [-0.39, 0.29) is 5.82 Å². The largest absolute Gasteiger partial charge is 0.378 e. The van der Waals surface area contributed by atoms with Gasteiger partial charge < -0.3 is 20.4 Å². The van der Waals surface area contributed by atoms with Crippen molar-refractivity contribution in [1.29, 1.82) is 0 Å². The number of nitrogens with one attached hydrogen (secondary N) is 1. The number of carbonyl (C=O) groups excluding carboxylic acids is 1. The van der Waals surface area contributed by atoms with Crippen LogP contribution in [0.2, 0.25) is 0 Å². The van der Waals surface area contributed by atoms with Gasteiger partial charge in [0.25, 0.3) is 0 Å². The molecular weight excluding hydrogens is 459 g/mol. The Bertz CT molecular complexity index is 1590. The highest BCUT2D eigenvalue weighted by Crippen LogP contribution is 2.33. The smallest absolute Gasteiger partial charge is 0.249 e. The maximum Gasteiger partial charge on any atom is 0.249 e. The molecule has 1 aliphatic heterocycles. The van der Waals surface area contributed by atoms with E-state index in [1.54, 1.807) is 30.6 Å². The summed E-state index contributed by atoms with van der Waals surface area (Å²) in [4.78, 5) is 32.0. The van der Waals surface area contributed by atoms with Crippen molar-refractivity contribution in [2.45, 2.75) is 6.42 Å². The first-order chi connectivity index (χ1) is 17.6. The molecule has 6 rings (SSSR count). The number of nitrogens with two attached hydrogens (primary N) is 1. The number of fused-ring (bicyclic) bond motifs is 2. The van der Waals surface area contributed by atoms with Gasteiger partial charge in [0.1, 0.15) is 11.5 Å². The van der Waals surface area contributed by atoms with Gasteiger partial charge in [0.15, 0.2) is 5.82 Å². The lowest BCUT2D eigenvalue weighted by atomic mass is 9.96. The van der Waals surface area contributed by atoms with Gasteiger partial charge in [0.05, 0.1) is 41.6 Å². The van der Waals surface area contributed by atoms with E-state index in [0.29, 0.717) is 66.4 Å². The van der Waals surface area contributed by atoms with Crippen molar-refractivity contribution in [3.05, 3.63) is 83.4 Å². The minimum Gasteiger partial charge on any atom is -0.378 e. The van der Waals surface area contributed by atoms with Crippen LogP contribution in [-0.4, -0.2) is 52.1 Å². The van der Waals surface area contributed by atoms with Gasteiger partial charge in [-0.1, -0.05) is 6.07 Å². The monoisotopic (exact) mass is 482 g/mol. The number of benzene rings is 3. The second kappa shape index (κ2) is 9.01. The number of aromatic amines is 1. The molecule has 1 aliphatic rings. The van der Waals surface area contributed by atoms with Gasteiger partial charge in [-0.25, -0.2) is 19.3 Å². The molecule has 0 radical (unpaired) electrons. The maximum atomic E-state index is 13.7. The number of anilines is 1. The Kier molecular flexibility index (Phi) is 5.54. The molecule has 3 aromatic carbocycles. The molecule has 9 heteroatoms. The third-order valence-corrected chi connectivity index (χ3v) is 6.48. The van der Waals surface area contributed by atoms with E-state index in [1.165, 1.54) is 12.1 Å². The van der Waals surface area contributed by atoms with Gasteiger partial charge in [0.2, 0.25) is 5.91 Å². The quantitative estimate of drug-likeness (QED) is 0.394. The highest BCUT2D eigenvalue weighted by molar-refractivity contribution is 6.00. The van der Waals surface area contributed by atoms with Gasteiger partial charge >= 0.3 is 0 Å². The number of carbonyl (C=O) groups is 1. The lowest BCUT2D eigenvalue weighted by Crippen LogP contribution is -2.37. The third-order valence-electron chi connectivity index (χ3n) is 6.48. The van der Waals surface area contributed by atoms with Crippen LogP contribution in [0.4, 0.5) is 10.2 Å². The number of ether oxygens (including phenoxy) is 1. The van der Waals surface area contributed by atoms with Crippen molar-refractivity contribution < 1.29 is 13.9 Å². The van der Waals surface area contributed by atoms with Crippen LogP contribution in [0.5, 0.6) is 0 Å². The predicted octanol–water partition coefficient (Wildman–Crippen LogP) is 3.84. The molecule has 0 atom stereocenters. The number of hydrogen-bond acceptors (Lipinski definition) is 6. The van der Waals surface area contributed by atoms with Crippen LogP contribution in [0.15, 0.2) is 60.9 Å². The zero-order valence-electron chi connectivity index (χ0n) is 19.4. The number of rotatable bonds is 5. The normalized spacial score (nSPS) is 14.0. The Morgan fingerprint density at radius 3 is 2.61 bits per heavy atom. The fraction of sp³-hybridized carbons (Fsp3) is 0.185. The Morgan fingerprint density at radius 2 is 1.83 bits per heavy atom. The summed E-state index contributed by atoms with van der Waals surface area (Å²) in [7, 11) is 0.